The highest BCUT2D eigenvalue weighted by Crippen LogP contribution is 2.57. The van der Waals surface area contributed by atoms with Gasteiger partial charge in [0, 0.05) is 0 Å². The molecule has 2 aliphatic rings. The van der Waals surface area contributed by atoms with Gasteiger partial charge >= 0.3 is 11.8 Å². The van der Waals surface area contributed by atoms with E-state index in [0.29, 0.717) is 0 Å². The quantitative estimate of drug-likeness (QED) is 0.313. The highest BCUT2D eigenvalue weighted by molar-refractivity contribution is 5.04. The van der Waals surface area contributed by atoms with Crippen LogP contribution in [-0.2, 0) is 9.47 Å². The molecule has 0 bridgehead atoms. The highest BCUT2D eigenvalue weighted by Gasteiger charge is 2.87. The molecule has 2 aliphatic heterocycles. The molecule has 0 aromatic rings. The molecule has 3 N–H and O–H groups in total. The van der Waals surface area contributed by atoms with Gasteiger partial charge in [-0.2, -0.15) is 0 Å². The van der Waals surface area contributed by atoms with E-state index in [-0.39, 0.29) is 0 Å². The molecule has 46 valence electrons. The van der Waals surface area contributed by atoms with E-state index in [9.17, 15) is 0 Å². The lowest BCUT2D eigenvalue weighted by molar-refractivity contribution is -0.370. The SMILES string of the molecule is OC1OC2(O)OC12O. The summed E-state index contributed by atoms with van der Waals surface area (Å²) in [6.07, 6.45) is -1.40. The molecule has 0 saturated carbocycles. The molecule has 2 rings (SSSR count). The molecule has 0 amide bonds. The van der Waals surface area contributed by atoms with Gasteiger partial charge in [-0.3, -0.25) is 9.47 Å². The van der Waals surface area contributed by atoms with Crippen LogP contribution in [0.5, 0.6) is 0 Å². The van der Waals surface area contributed by atoms with Crippen molar-refractivity contribution in [2.24, 2.45) is 0 Å². The first-order chi connectivity index (χ1) is 3.58. The summed E-state index contributed by atoms with van der Waals surface area (Å²) in [5, 5.41) is 25.7. The third kappa shape index (κ3) is 0.236. The molecule has 5 heteroatoms. The van der Waals surface area contributed by atoms with Crippen molar-refractivity contribution in [2.75, 3.05) is 0 Å². The van der Waals surface area contributed by atoms with E-state index in [4.69, 9.17) is 15.3 Å². The van der Waals surface area contributed by atoms with Crippen LogP contribution in [0.25, 0.3) is 0 Å². The van der Waals surface area contributed by atoms with Crippen LogP contribution in [0.2, 0.25) is 0 Å². The molecule has 0 aromatic carbocycles. The number of ether oxygens (including phenoxy) is 2. The number of aliphatic hydroxyl groups excluding tert-OH is 1. The summed E-state index contributed by atoms with van der Waals surface area (Å²) in [6, 6.07) is 0. The lowest BCUT2D eigenvalue weighted by Gasteiger charge is -2.25. The number of rotatable bonds is 0. The monoisotopic (exact) mass is 120 g/mol. The van der Waals surface area contributed by atoms with Crippen molar-refractivity contribution in [3.05, 3.63) is 0 Å². The Labute approximate surface area is 44.1 Å². The van der Waals surface area contributed by atoms with Crippen molar-refractivity contribution in [1.82, 2.24) is 0 Å². The van der Waals surface area contributed by atoms with Crippen LogP contribution in [0.15, 0.2) is 0 Å². The second-order valence-corrected chi connectivity index (χ2v) is 1.85. The second-order valence-electron chi connectivity index (χ2n) is 1.85. The van der Waals surface area contributed by atoms with Crippen LogP contribution in [0, 0.1) is 0 Å². The number of hydrogen-bond donors (Lipinski definition) is 3. The topological polar surface area (TPSA) is 82.5 Å². The molecule has 5 nitrogen and oxygen atoms in total. The Balaban J connectivity index is 2.23. The Morgan fingerprint density at radius 3 is 2.00 bits per heavy atom. The largest absolute Gasteiger partial charge is 0.363 e. The molecule has 2 saturated heterocycles. The van der Waals surface area contributed by atoms with Gasteiger partial charge in [-0.05, 0) is 0 Å². The molecule has 0 radical (unpaired) electrons. The number of aliphatic hydroxyl groups is 3. The fourth-order valence-corrected chi connectivity index (χ4v) is 0.673. The Morgan fingerprint density at radius 1 is 1.38 bits per heavy atom. The zero-order chi connectivity index (χ0) is 5.99. The summed E-state index contributed by atoms with van der Waals surface area (Å²) in [4.78, 5) is 0. The third-order valence-corrected chi connectivity index (χ3v) is 1.31. The van der Waals surface area contributed by atoms with Gasteiger partial charge in [0.05, 0.1) is 0 Å². The van der Waals surface area contributed by atoms with Crippen molar-refractivity contribution in [3.63, 3.8) is 0 Å². The number of hydrogen-bond acceptors (Lipinski definition) is 5. The first kappa shape index (κ1) is 4.66. The molecule has 3 atom stereocenters. The molecular weight excluding hydrogens is 116 g/mol. The molecule has 8 heavy (non-hydrogen) atoms. The minimum absolute atomic E-state index is 1.40. The summed E-state index contributed by atoms with van der Waals surface area (Å²) in [5.41, 5.74) is 0. The van der Waals surface area contributed by atoms with Crippen molar-refractivity contribution in [1.29, 1.82) is 0 Å². The molecule has 2 fully saturated rings. The summed E-state index contributed by atoms with van der Waals surface area (Å²) in [7, 11) is 0. The summed E-state index contributed by atoms with van der Waals surface area (Å²) in [6.45, 7) is 0. The van der Waals surface area contributed by atoms with Crippen LogP contribution < -0.4 is 0 Å². The normalized spacial score (nSPS) is 68.6. The van der Waals surface area contributed by atoms with E-state index < -0.39 is 18.1 Å². The second kappa shape index (κ2) is 0.810. The predicted molar refractivity (Wildman–Crippen MR) is 18.1 cm³/mol. The van der Waals surface area contributed by atoms with Gasteiger partial charge in [0.15, 0.2) is 0 Å². The fraction of sp³-hybridized carbons (Fsp3) is 1.00. The predicted octanol–water partition coefficient (Wildman–Crippen LogP) is -2.30. The lowest BCUT2D eigenvalue weighted by atomic mass is 10.2. The van der Waals surface area contributed by atoms with Crippen molar-refractivity contribution in [2.45, 2.75) is 18.1 Å². The van der Waals surface area contributed by atoms with Crippen LogP contribution in [0.3, 0.4) is 0 Å². The third-order valence-electron chi connectivity index (χ3n) is 1.31. The molecule has 0 aromatic heterocycles. The Hall–Kier alpha value is -0.200. The van der Waals surface area contributed by atoms with E-state index >= 15 is 0 Å². The average molecular weight is 120 g/mol. The average Bonchev–Trinajstić information content (AvgIpc) is 2.05. The molecule has 2 heterocycles. The Kier molecular flexibility index (Phi) is 0.472. The summed E-state index contributed by atoms with van der Waals surface area (Å²) < 4.78 is 8.30. The van der Waals surface area contributed by atoms with Crippen molar-refractivity contribution in [3.8, 4) is 0 Å². The van der Waals surface area contributed by atoms with Crippen molar-refractivity contribution >= 4 is 0 Å². The maximum Gasteiger partial charge on any atom is 0.348 e. The van der Waals surface area contributed by atoms with E-state index in [2.05, 4.69) is 9.47 Å². The van der Waals surface area contributed by atoms with Crippen LogP contribution >= 0.6 is 0 Å². The van der Waals surface area contributed by atoms with E-state index in [1.807, 2.05) is 0 Å². The van der Waals surface area contributed by atoms with Crippen LogP contribution in [0.1, 0.15) is 0 Å². The van der Waals surface area contributed by atoms with Gasteiger partial charge in [0.1, 0.15) is 0 Å². The molecule has 0 aliphatic carbocycles. The summed E-state index contributed by atoms with van der Waals surface area (Å²) in [5.74, 6) is -3.72. The highest BCUT2D eigenvalue weighted by atomic mass is 17.0. The first-order valence-corrected chi connectivity index (χ1v) is 2.09. The van der Waals surface area contributed by atoms with Gasteiger partial charge in [-0.15, -0.1) is 0 Å². The standard InChI is InChI=1S/C3H4O5/c4-1-2(5)3(6,7-1)8-2/h1,4-6H. The minimum Gasteiger partial charge on any atom is -0.363 e. The van der Waals surface area contributed by atoms with Crippen LogP contribution in [0.4, 0.5) is 0 Å². The van der Waals surface area contributed by atoms with Gasteiger partial charge in [0.25, 0.3) is 0 Å². The first-order valence-electron chi connectivity index (χ1n) is 2.09. The zero-order valence-electron chi connectivity index (χ0n) is 3.74. The van der Waals surface area contributed by atoms with Gasteiger partial charge < -0.3 is 15.3 Å². The zero-order valence-corrected chi connectivity index (χ0v) is 3.74. The smallest absolute Gasteiger partial charge is 0.348 e. The Bertz CT molecular complexity index is 143. The van der Waals surface area contributed by atoms with E-state index in [1.165, 1.54) is 0 Å². The maximum atomic E-state index is 8.67. The van der Waals surface area contributed by atoms with Gasteiger partial charge in [-0.1, -0.05) is 0 Å². The number of fused-ring (bicyclic) bond motifs is 1. The Morgan fingerprint density at radius 2 is 2.00 bits per heavy atom. The molecule has 0 spiro atoms. The summed E-state index contributed by atoms with van der Waals surface area (Å²) >= 11 is 0. The fourth-order valence-electron chi connectivity index (χ4n) is 0.673. The van der Waals surface area contributed by atoms with E-state index in [1.54, 1.807) is 0 Å². The van der Waals surface area contributed by atoms with Crippen molar-refractivity contribution < 1.29 is 24.8 Å². The minimum atomic E-state index is -1.90. The van der Waals surface area contributed by atoms with Gasteiger partial charge in [0.2, 0.25) is 6.29 Å². The van der Waals surface area contributed by atoms with E-state index in [0.717, 1.165) is 0 Å². The molecule has 3 unspecified atom stereocenters. The van der Waals surface area contributed by atoms with Gasteiger partial charge in [-0.25, -0.2) is 0 Å². The lowest BCUT2D eigenvalue weighted by Crippen LogP contribution is -2.53. The maximum absolute atomic E-state index is 8.67. The van der Waals surface area contributed by atoms with Crippen LogP contribution in [-0.4, -0.2) is 33.4 Å². The number of epoxide rings is 1. The molecular formula is C3H4O5.